The molecule has 2 atom stereocenters. The molecule has 0 saturated carbocycles. The Bertz CT molecular complexity index is 504. The molecule has 2 heterocycles. The Morgan fingerprint density at radius 2 is 2.15 bits per heavy atom. The number of aromatic nitrogens is 3. The largest absolute Gasteiger partial charge is 0.359 e. The van der Waals surface area contributed by atoms with E-state index in [1.54, 1.807) is 0 Å². The zero-order valence-corrected chi connectivity index (χ0v) is 12.7. The lowest BCUT2D eigenvalue weighted by atomic mass is 9.89. The molecule has 2 unspecified atom stereocenters. The Morgan fingerprint density at radius 1 is 1.35 bits per heavy atom. The molecule has 0 saturated heterocycles. The van der Waals surface area contributed by atoms with E-state index in [-0.39, 0.29) is 5.92 Å². The fraction of sp³-hybridized carbons (Fsp3) is 0.600. The van der Waals surface area contributed by atoms with Gasteiger partial charge in [-0.2, -0.15) is 4.98 Å². The summed E-state index contributed by atoms with van der Waals surface area (Å²) in [6.07, 6.45) is 2.98. The van der Waals surface area contributed by atoms with E-state index in [0.29, 0.717) is 23.7 Å². The van der Waals surface area contributed by atoms with E-state index >= 15 is 0 Å². The van der Waals surface area contributed by atoms with Crippen LogP contribution in [-0.2, 0) is 0 Å². The predicted molar refractivity (Wildman–Crippen MR) is 79.4 cm³/mol. The molecule has 2 N–H and O–H groups in total. The van der Waals surface area contributed by atoms with Crippen LogP contribution in [0.2, 0.25) is 0 Å². The minimum absolute atomic E-state index is 0.220. The SMILES string of the molecule is CCCNC(C)C(c1nc(-c2ccc[nH]2)no1)C(C)C. The summed E-state index contributed by atoms with van der Waals surface area (Å²) in [4.78, 5) is 7.65. The van der Waals surface area contributed by atoms with Crippen LogP contribution in [-0.4, -0.2) is 27.7 Å². The average molecular weight is 276 g/mol. The van der Waals surface area contributed by atoms with Crippen molar-refractivity contribution in [2.45, 2.75) is 46.1 Å². The highest BCUT2D eigenvalue weighted by Crippen LogP contribution is 2.28. The quantitative estimate of drug-likeness (QED) is 0.815. The highest BCUT2D eigenvalue weighted by molar-refractivity contribution is 5.47. The minimum Gasteiger partial charge on any atom is -0.359 e. The van der Waals surface area contributed by atoms with Crippen LogP contribution in [0.1, 0.15) is 45.9 Å². The van der Waals surface area contributed by atoms with Gasteiger partial charge in [0, 0.05) is 12.2 Å². The van der Waals surface area contributed by atoms with Crippen LogP contribution >= 0.6 is 0 Å². The molecule has 0 fully saturated rings. The maximum Gasteiger partial charge on any atom is 0.231 e. The molecule has 20 heavy (non-hydrogen) atoms. The van der Waals surface area contributed by atoms with Crippen LogP contribution in [0.25, 0.3) is 11.5 Å². The molecule has 0 aliphatic heterocycles. The molecule has 0 amide bonds. The van der Waals surface area contributed by atoms with Crippen LogP contribution in [0, 0.1) is 5.92 Å². The van der Waals surface area contributed by atoms with Gasteiger partial charge in [-0.25, -0.2) is 0 Å². The first-order chi connectivity index (χ1) is 9.63. The third-order valence-electron chi connectivity index (χ3n) is 3.54. The third-order valence-corrected chi connectivity index (χ3v) is 3.54. The lowest BCUT2D eigenvalue weighted by Gasteiger charge is -2.24. The first-order valence-corrected chi connectivity index (χ1v) is 7.34. The van der Waals surface area contributed by atoms with Gasteiger partial charge in [-0.15, -0.1) is 0 Å². The molecule has 110 valence electrons. The van der Waals surface area contributed by atoms with E-state index in [1.807, 2.05) is 18.3 Å². The smallest absolute Gasteiger partial charge is 0.231 e. The van der Waals surface area contributed by atoms with Crippen molar-refractivity contribution in [3.63, 3.8) is 0 Å². The number of hydrogen-bond acceptors (Lipinski definition) is 4. The summed E-state index contributed by atoms with van der Waals surface area (Å²) in [7, 11) is 0. The van der Waals surface area contributed by atoms with Crippen molar-refractivity contribution >= 4 is 0 Å². The molecule has 5 heteroatoms. The summed E-state index contributed by atoms with van der Waals surface area (Å²) in [5.74, 6) is 1.99. The molecule has 2 aromatic rings. The van der Waals surface area contributed by atoms with Gasteiger partial charge in [-0.3, -0.25) is 0 Å². The van der Waals surface area contributed by atoms with Gasteiger partial charge in [0.25, 0.3) is 0 Å². The van der Waals surface area contributed by atoms with Crippen molar-refractivity contribution in [3.8, 4) is 11.5 Å². The molecule has 0 aliphatic carbocycles. The first kappa shape index (κ1) is 14.8. The number of rotatable bonds is 7. The van der Waals surface area contributed by atoms with Crippen molar-refractivity contribution < 1.29 is 4.52 Å². The Hall–Kier alpha value is -1.62. The van der Waals surface area contributed by atoms with Crippen LogP contribution in [0.4, 0.5) is 0 Å². The number of H-pyrrole nitrogens is 1. The second kappa shape index (κ2) is 6.70. The molecular formula is C15H24N4O. The van der Waals surface area contributed by atoms with Gasteiger partial charge >= 0.3 is 0 Å². The first-order valence-electron chi connectivity index (χ1n) is 7.34. The van der Waals surface area contributed by atoms with Crippen LogP contribution < -0.4 is 5.32 Å². The van der Waals surface area contributed by atoms with E-state index in [1.165, 1.54) is 0 Å². The molecule has 0 spiro atoms. The summed E-state index contributed by atoms with van der Waals surface area (Å²) < 4.78 is 5.49. The second-order valence-electron chi connectivity index (χ2n) is 5.55. The van der Waals surface area contributed by atoms with Gasteiger partial charge in [-0.05, 0) is 37.9 Å². The van der Waals surface area contributed by atoms with Gasteiger partial charge in [-0.1, -0.05) is 25.9 Å². The van der Waals surface area contributed by atoms with Gasteiger partial charge in [0.05, 0.1) is 11.6 Å². The topological polar surface area (TPSA) is 66.7 Å². The summed E-state index contributed by atoms with van der Waals surface area (Å²) in [5.41, 5.74) is 0.886. The fourth-order valence-electron chi connectivity index (χ4n) is 2.52. The summed E-state index contributed by atoms with van der Waals surface area (Å²) in [6.45, 7) is 9.72. The maximum absolute atomic E-state index is 5.49. The molecule has 5 nitrogen and oxygen atoms in total. The number of nitrogens with zero attached hydrogens (tertiary/aromatic N) is 2. The Labute approximate surface area is 120 Å². The molecule has 0 aliphatic rings. The van der Waals surface area contributed by atoms with E-state index in [9.17, 15) is 0 Å². The summed E-state index contributed by atoms with van der Waals surface area (Å²) in [6, 6.07) is 4.18. The predicted octanol–water partition coefficient (Wildman–Crippen LogP) is 3.19. The average Bonchev–Trinajstić information content (AvgIpc) is 3.06. The lowest BCUT2D eigenvalue weighted by molar-refractivity contribution is 0.280. The maximum atomic E-state index is 5.49. The summed E-state index contributed by atoms with van der Waals surface area (Å²) >= 11 is 0. The molecule has 0 radical (unpaired) electrons. The van der Waals surface area contributed by atoms with Crippen molar-refractivity contribution in [2.75, 3.05) is 6.54 Å². The molecule has 0 aromatic carbocycles. The van der Waals surface area contributed by atoms with Crippen molar-refractivity contribution in [1.82, 2.24) is 20.4 Å². The van der Waals surface area contributed by atoms with E-state index in [2.05, 4.69) is 48.1 Å². The second-order valence-corrected chi connectivity index (χ2v) is 5.55. The highest BCUT2D eigenvalue weighted by atomic mass is 16.5. The van der Waals surface area contributed by atoms with Gasteiger partial charge in [0.15, 0.2) is 0 Å². The van der Waals surface area contributed by atoms with Gasteiger partial charge in [0.1, 0.15) is 0 Å². The van der Waals surface area contributed by atoms with Gasteiger partial charge < -0.3 is 14.8 Å². The van der Waals surface area contributed by atoms with Crippen molar-refractivity contribution in [1.29, 1.82) is 0 Å². The number of nitrogens with one attached hydrogen (secondary N) is 2. The van der Waals surface area contributed by atoms with E-state index in [0.717, 1.165) is 18.7 Å². The standard InChI is InChI=1S/C15H24N4O/c1-5-8-16-11(4)13(10(2)3)15-18-14(19-20-15)12-7-6-9-17-12/h6-7,9-11,13,16-17H,5,8H2,1-4H3. The van der Waals surface area contributed by atoms with E-state index in [4.69, 9.17) is 4.52 Å². The zero-order valence-electron chi connectivity index (χ0n) is 12.7. The van der Waals surface area contributed by atoms with Crippen LogP contribution in [0.15, 0.2) is 22.9 Å². The van der Waals surface area contributed by atoms with Crippen molar-refractivity contribution in [2.24, 2.45) is 5.92 Å². The monoisotopic (exact) mass is 276 g/mol. The molecule has 2 rings (SSSR count). The molecule has 0 bridgehead atoms. The fourth-order valence-corrected chi connectivity index (χ4v) is 2.52. The van der Waals surface area contributed by atoms with E-state index < -0.39 is 0 Å². The Kier molecular flexibility index (Phi) is 4.95. The highest BCUT2D eigenvalue weighted by Gasteiger charge is 2.28. The Balaban J connectivity index is 2.17. The van der Waals surface area contributed by atoms with Crippen LogP contribution in [0.5, 0.6) is 0 Å². The normalized spacial score (nSPS) is 14.7. The van der Waals surface area contributed by atoms with Crippen LogP contribution in [0.3, 0.4) is 0 Å². The van der Waals surface area contributed by atoms with Crippen molar-refractivity contribution in [3.05, 3.63) is 24.2 Å². The van der Waals surface area contributed by atoms with Gasteiger partial charge in [0.2, 0.25) is 11.7 Å². The molecule has 2 aromatic heterocycles. The minimum atomic E-state index is 0.220. The zero-order chi connectivity index (χ0) is 14.5. The lowest BCUT2D eigenvalue weighted by Crippen LogP contribution is -2.35. The summed E-state index contributed by atoms with van der Waals surface area (Å²) in [5, 5.41) is 7.60. The Morgan fingerprint density at radius 3 is 2.75 bits per heavy atom. The number of hydrogen-bond donors (Lipinski definition) is 2. The third kappa shape index (κ3) is 3.28. The number of aromatic amines is 1. The molecular weight excluding hydrogens is 252 g/mol.